The summed E-state index contributed by atoms with van der Waals surface area (Å²) in [6.07, 6.45) is 4.46. The fraction of sp³-hybridized carbons (Fsp3) is 0.889. The van der Waals surface area contributed by atoms with E-state index in [2.05, 4.69) is 61.1 Å². The molecule has 0 aromatic heterocycles. The van der Waals surface area contributed by atoms with Gasteiger partial charge in [0.1, 0.15) is 24.4 Å². The van der Waals surface area contributed by atoms with Gasteiger partial charge in [0.2, 0.25) is 0 Å². The molecule has 4 saturated carbocycles. The van der Waals surface area contributed by atoms with Crippen molar-refractivity contribution in [3.63, 3.8) is 0 Å². The Morgan fingerprint density at radius 2 is 1.56 bits per heavy atom. The SMILES string of the molecule is C=C(CCC=C(C)C)C1CC[C@]2(C)C1C(O)CC1[C@@]3(C)CCC(OC4OC(CO)C(O)C(O)C4O)C(C)(C)C3CC[C@]12C. The third-order valence-electron chi connectivity index (χ3n) is 14.0. The van der Waals surface area contributed by atoms with Crippen molar-refractivity contribution in [3.8, 4) is 0 Å². The Bertz CT molecular complexity index is 1070. The zero-order valence-corrected chi connectivity index (χ0v) is 27.8. The minimum absolute atomic E-state index is 0.0270. The summed E-state index contributed by atoms with van der Waals surface area (Å²) >= 11 is 0. The van der Waals surface area contributed by atoms with Gasteiger partial charge >= 0.3 is 0 Å². The molecular formula is C36H60O7. The smallest absolute Gasteiger partial charge is 0.186 e. The van der Waals surface area contributed by atoms with Crippen LogP contribution in [0, 0.1) is 45.3 Å². The van der Waals surface area contributed by atoms with Gasteiger partial charge in [-0.15, -0.1) is 0 Å². The van der Waals surface area contributed by atoms with Gasteiger partial charge in [0.05, 0.1) is 18.8 Å². The number of fused-ring (bicyclic) bond motifs is 5. The monoisotopic (exact) mass is 604 g/mol. The van der Waals surface area contributed by atoms with Crippen LogP contribution in [0.4, 0.5) is 0 Å². The van der Waals surface area contributed by atoms with Crippen molar-refractivity contribution >= 4 is 0 Å². The molecule has 4 aliphatic carbocycles. The molecule has 1 aliphatic heterocycles. The molecule has 0 amide bonds. The Balaban J connectivity index is 1.36. The van der Waals surface area contributed by atoms with Crippen LogP contribution in [-0.4, -0.2) is 75.1 Å². The standard InChI is InChI=1S/C36H60O7/c1-20(2)10-9-11-21(3)22-12-16-36(8)28(22)23(38)18-26-34(6)15-14-27(33(4,5)25(34)13-17-35(26,36)7)43-32-31(41)30(40)29(39)24(19-37)42-32/h10,22-32,37-41H,3,9,11-19H2,1-2,4-8H3/t22?,23?,24?,25?,26?,27?,28?,29?,30?,31?,32?,34-,35+,36+/m0/s1. The van der Waals surface area contributed by atoms with Crippen molar-refractivity contribution in [1.29, 1.82) is 0 Å². The summed E-state index contributed by atoms with van der Waals surface area (Å²) in [7, 11) is 0. The van der Waals surface area contributed by atoms with Crippen LogP contribution in [0.25, 0.3) is 0 Å². The highest BCUT2D eigenvalue weighted by molar-refractivity contribution is 5.22. The summed E-state index contributed by atoms with van der Waals surface area (Å²) in [6, 6.07) is 0. The lowest BCUT2D eigenvalue weighted by Gasteiger charge is -2.70. The van der Waals surface area contributed by atoms with Crippen LogP contribution in [0.15, 0.2) is 23.8 Å². The van der Waals surface area contributed by atoms with Gasteiger partial charge in [-0.1, -0.05) is 58.4 Å². The van der Waals surface area contributed by atoms with Crippen LogP contribution in [0.1, 0.15) is 106 Å². The summed E-state index contributed by atoms with van der Waals surface area (Å²) in [5, 5.41) is 52.9. The van der Waals surface area contributed by atoms with Gasteiger partial charge in [-0.2, -0.15) is 0 Å². The summed E-state index contributed by atoms with van der Waals surface area (Å²) in [6.45, 7) is 20.4. The van der Waals surface area contributed by atoms with E-state index in [0.717, 1.165) is 57.8 Å². The van der Waals surface area contributed by atoms with Gasteiger partial charge in [-0.05, 0) is 117 Å². The minimum Gasteiger partial charge on any atom is -0.394 e. The van der Waals surface area contributed by atoms with Gasteiger partial charge in [-0.3, -0.25) is 0 Å². The van der Waals surface area contributed by atoms with Gasteiger partial charge < -0.3 is 35.0 Å². The maximum absolute atomic E-state index is 12.0. The Morgan fingerprint density at radius 1 is 0.884 bits per heavy atom. The van der Waals surface area contributed by atoms with Crippen LogP contribution in [0.5, 0.6) is 0 Å². The molecule has 5 fully saturated rings. The molecule has 0 bridgehead atoms. The number of allylic oxidation sites excluding steroid dienone is 3. The Kier molecular flexibility index (Phi) is 9.19. The molecule has 0 radical (unpaired) electrons. The topological polar surface area (TPSA) is 120 Å². The van der Waals surface area contributed by atoms with Crippen LogP contribution < -0.4 is 0 Å². The first kappa shape index (κ1) is 33.6. The summed E-state index contributed by atoms with van der Waals surface area (Å²) in [4.78, 5) is 0. The molecule has 7 nitrogen and oxygen atoms in total. The normalized spacial score (nSPS) is 50.7. The van der Waals surface area contributed by atoms with Crippen LogP contribution >= 0.6 is 0 Å². The van der Waals surface area contributed by atoms with E-state index in [0.29, 0.717) is 17.8 Å². The van der Waals surface area contributed by atoms with Crippen molar-refractivity contribution in [2.24, 2.45) is 45.3 Å². The van der Waals surface area contributed by atoms with Gasteiger partial charge in [0, 0.05) is 0 Å². The molecule has 246 valence electrons. The van der Waals surface area contributed by atoms with Crippen molar-refractivity contribution in [2.45, 2.75) is 149 Å². The summed E-state index contributed by atoms with van der Waals surface area (Å²) in [5.41, 5.74) is 2.63. The Hall–Kier alpha value is -0.800. The molecular weight excluding hydrogens is 544 g/mol. The molecule has 0 spiro atoms. The van der Waals surface area contributed by atoms with Crippen molar-refractivity contribution < 1.29 is 35.0 Å². The lowest BCUT2D eigenvalue weighted by atomic mass is 9.35. The van der Waals surface area contributed by atoms with E-state index in [1.54, 1.807) is 0 Å². The molecule has 43 heavy (non-hydrogen) atoms. The lowest BCUT2D eigenvalue weighted by molar-refractivity contribution is -0.331. The molecule has 5 aliphatic rings. The highest BCUT2D eigenvalue weighted by atomic mass is 16.7. The molecule has 5 N–H and O–H groups in total. The van der Waals surface area contributed by atoms with Crippen molar-refractivity contribution in [1.82, 2.24) is 0 Å². The number of rotatable bonds is 7. The van der Waals surface area contributed by atoms with Crippen molar-refractivity contribution in [2.75, 3.05) is 6.61 Å². The lowest BCUT2D eigenvalue weighted by Crippen LogP contribution is -2.67. The van der Waals surface area contributed by atoms with E-state index in [4.69, 9.17) is 9.47 Å². The second-order valence-electron chi connectivity index (χ2n) is 16.6. The third-order valence-corrected chi connectivity index (χ3v) is 14.0. The van der Waals surface area contributed by atoms with E-state index in [1.165, 1.54) is 11.1 Å². The summed E-state index contributed by atoms with van der Waals surface area (Å²) < 4.78 is 12.2. The van der Waals surface area contributed by atoms with E-state index in [9.17, 15) is 25.5 Å². The van der Waals surface area contributed by atoms with Crippen molar-refractivity contribution in [3.05, 3.63) is 23.8 Å². The molecule has 0 aromatic carbocycles. The number of aliphatic hydroxyl groups excluding tert-OH is 5. The number of ether oxygens (including phenoxy) is 2. The molecule has 0 aromatic rings. The van der Waals surface area contributed by atoms with Crippen LogP contribution in [0.3, 0.4) is 0 Å². The zero-order valence-electron chi connectivity index (χ0n) is 27.8. The molecule has 7 heteroatoms. The van der Waals surface area contributed by atoms with Crippen LogP contribution in [0.2, 0.25) is 0 Å². The first-order valence-corrected chi connectivity index (χ1v) is 17.0. The first-order valence-electron chi connectivity index (χ1n) is 17.0. The zero-order chi connectivity index (χ0) is 31.7. The minimum atomic E-state index is -1.45. The predicted molar refractivity (Wildman–Crippen MR) is 167 cm³/mol. The predicted octanol–water partition coefficient (Wildman–Crippen LogP) is 5.13. The maximum atomic E-state index is 12.0. The third kappa shape index (κ3) is 5.21. The van der Waals surface area contributed by atoms with Gasteiger partial charge in [-0.25, -0.2) is 0 Å². The second-order valence-corrected chi connectivity index (χ2v) is 16.6. The first-order chi connectivity index (χ1) is 20.0. The summed E-state index contributed by atoms with van der Waals surface area (Å²) in [5.74, 6) is 1.38. The molecule has 14 atom stereocenters. The maximum Gasteiger partial charge on any atom is 0.186 e. The number of aliphatic hydroxyl groups is 5. The van der Waals surface area contributed by atoms with E-state index >= 15 is 0 Å². The highest BCUT2D eigenvalue weighted by Gasteiger charge is 2.70. The molecule has 1 heterocycles. The highest BCUT2D eigenvalue weighted by Crippen LogP contribution is 2.75. The van der Waals surface area contributed by atoms with Gasteiger partial charge in [0.25, 0.3) is 0 Å². The average molecular weight is 605 g/mol. The van der Waals surface area contributed by atoms with E-state index in [1.807, 2.05) is 0 Å². The average Bonchev–Trinajstić information content (AvgIpc) is 3.31. The fourth-order valence-electron chi connectivity index (χ4n) is 11.5. The number of hydrogen-bond acceptors (Lipinski definition) is 7. The van der Waals surface area contributed by atoms with E-state index in [-0.39, 0.29) is 39.8 Å². The van der Waals surface area contributed by atoms with E-state index < -0.39 is 37.3 Å². The Labute approximate surface area is 259 Å². The van der Waals surface area contributed by atoms with Gasteiger partial charge in [0.15, 0.2) is 6.29 Å². The van der Waals surface area contributed by atoms with Crippen LogP contribution in [-0.2, 0) is 9.47 Å². The molecule has 5 rings (SSSR count). The molecule has 1 saturated heterocycles. The fourth-order valence-corrected chi connectivity index (χ4v) is 11.5. The second kappa shape index (κ2) is 11.8. The quantitative estimate of drug-likeness (QED) is 0.202. The Morgan fingerprint density at radius 3 is 2.21 bits per heavy atom. The molecule has 11 unspecified atom stereocenters. The number of hydrogen-bond donors (Lipinski definition) is 5. The largest absolute Gasteiger partial charge is 0.394 e.